The SMILES string of the molecule is C[C@@H]1OC[C@@H]2[C@@H](C[C@@H]3N[C@H]2Cc2c3n(C)c3ccccc23)[C@H]1CO. The Kier molecular flexibility index (Phi) is 3.31. The molecule has 0 unspecified atom stereocenters. The topological polar surface area (TPSA) is 46.4 Å². The van der Waals surface area contributed by atoms with Crippen LogP contribution in [0.25, 0.3) is 10.9 Å². The Morgan fingerprint density at radius 1 is 1.29 bits per heavy atom. The number of piperidine rings is 1. The van der Waals surface area contributed by atoms with Gasteiger partial charge >= 0.3 is 0 Å². The molecule has 0 radical (unpaired) electrons. The first-order valence-corrected chi connectivity index (χ1v) is 9.23. The first kappa shape index (κ1) is 14.9. The van der Waals surface area contributed by atoms with E-state index < -0.39 is 0 Å². The van der Waals surface area contributed by atoms with Crippen LogP contribution in [0.15, 0.2) is 24.3 Å². The summed E-state index contributed by atoms with van der Waals surface area (Å²) in [5.74, 6) is 1.34. The third-order valence-electron chi connectivity index (χ3n) is 6.92. The van der Waals surface area contributed by atoms with E-state index in [2.05, 4.69) is 48.1 Å². The summed E-state index contributed by atoms with van der Waals surface area (Å²) in [6.07, 6.45) is 2.35. The highest BCUT2D eigenvalue weighted by atomic mass is 16.5. The van der Waals surface area contributed by atoms with Gasteiger partial charge in [-0.15, -0.1) is 0 Å². The number of benzene rings is 1. The summed E-state index contributed by atoms with van der Waals surface area (Å²) in [7, 11) is 2.20. The monoisotopic (exact) mass is 326 g/mol. The van der Waals surface area contributed by atoms with Crippen molar-refractivity contribution in [3.63, 3.8) is 0 Å². The minimum absolute atomic E-state index is 0.169. The van der Waals surface area contributed by atoms with Crippen molar-refractivity contribution in [2.75, 3.05) is 13.2 Å². The van der Waals surface area contributed by atoms with E-state index in [9.17, 15) is 5.11 Å². The fourth-order valence-corrected chi connectivity index (χ4v) is 5.72. The zero-order chi connectivity index (χ0) is 16.4. The maximum absolute atomic E-state index is 9.92. The Balaban J connectivity index is 1.61. The second kappa shape index (κ2) is 5.32. The van der Waals surface area contributed by atoms with Gasteiger partial charge in [0.25, 0.3) is 0 Å². The quantitative estimate of drug-likeness (QED) is 0.846. The molecule has 0 amide bonds. The van der Waals surface area contributed by atoms with Gasteiger partial charge in [0.1, 0.15) is 0 Å². The van der Waals surface area contributed by atoms with E-state index in [1.807, 2.05) is 0 Å². The fourth-order valence-electron chi connectivity index (χ4n) is 5.72. The van der Waals surface area contributed by atoms with E-state index in [-0.39, 0.29) is 18.6 Å². The second-order valence-electron chi connectivity index (χ2n) is 7.92. The summed E-state index contributed by atoms with van der Waals surface area (Å²) in [6, 6.07) is 9.64. The van der Waals surface area contributed by atoms with E-state index in [0.717, 1.165) is 19.4 Å². The second-order valence-corrected chi connectivity index (χ2v) is 7.92. The van der Waals surface area contributed by atoms with Gasteiger partial charge in [-0.3, -0.25) is 0 Å². The summed E-state index contributed by atoms with van der Waals surface area (Å²) in [6.45, 7) is 3.19. The molecule has 2 fully saturated rings. The normalized spacial score (nSPS) is 38.0. The number of para-hydroxylation sites is 1. The molecule has 4 heteroatoms. The van der Waals surface area contributed by atoms with Crippen LogP contribution in [0.2, 0.25) is 0 Å². The van der Waals surface area contributed by atoms with E-state index in [0.29, 0.717) is 23.9 Å². The van der Waals surface area contributed by atoms with Crippen molar-refractivity contribution in [3.05, 3.63) is 35.5 Å². The lowest BCUT2D eigenvalue weighted by Crippen LogP contribution is -2.58. The standard InChI is InChI=1S/C20H26N2O2/c1-11-15(9-23)13-7-18-20-14(8-17(21-18)16(13)10-24-11)12-5-3-4-6-19(12)22(20)2/h3-6,11,13,15-18,21,23H,7-10H2,1-2H3/t11-,13-,15-,16+,17-,18-/m0/s1. The number of aryl methyl sites for hydroxylation is 1. The number of aliphatic hydroxyl groups excluding tert-OH is 1. The fraction of sp³-hybridized carbons (Fsp3) is 0.600. The summed E-state index contributed by atoms with van der Waals surface area (Å²) in [5.41, 5.74) is 4.32. The molecule has 4 nitrogen and oxygen atoms in total. The number of ether oxygens (including phenoxy) is 1. The van der Waals surface area contributed by atoms with Gasteiger partial charge < -0.3 is 19.7 Å². The van der Waals surface area contributed by atoms with Crippen LogP contribution < -0.4 is 5.32 Å². The number of hydrogen-bond donors (Lipinski definition) is 2. The lowest BCUT2D eigenvalue weighted by atomic mass is 9.65. The van der Waals surface area contributed by atoms with E-state index in [1.54, 1.807) is 0 Å². The van der Waals surface area contributed by atoms with Crippen LogP contribution >= 0.6 is 0 Å². The van der Waals surface area contributed by atoms with Crippen molar-refractivity contribution in [1.82, 2.24) is 9.88 Å². The summed E-state index contributed by atoms with van der Waals surface area (Å²) in [5, 5.41) is 15.2. The maximum atomic E-state index is 9.92. The predicted octanol–water partition coefficient (Wildman–Crippen LogP) is 2.40. The highest BCUT2D eigenvalue weighted by Gasteiger charge is 2.49. The predicted molar refractivity (Wildman–Crippen MR) is 93.9 cm³/mol. The van der Waals surface area contributed by atoms with Crippen molar-refractivity contribution < 1.29 is 9.84 Å². The number of rotatable bonds is 1. The van der Waals surface area contributed by atoms with Crippen LogP contribution in [0.3, 0.4) is 0 Å². The van der Waals surface area contributed by atoms with Crippen LogP contribution in [-0.4, -0.2) is 35.0 Å². The van der Waals surface area contributed by atoms with Gasteiger partial charge in [-0.1, -0.05) is 18.2 Å². The number of hydrogen-bond acceptors (Lipinski definition) is 3. The molecule has 5 rings (SSSR count). The van der Waals surface area contributed by atoms with E-state index in [4.69, 9.17) is 4.74 Å². The van der Waals surface area contributed by atoms with Crippen LogP contribution in [0.5, 0.6) is 0 Å². The van der Waals surface area contributed by atoms with Crippen LogP contribution in [0, 0.1) is 17.8 Å². The van der Waals surface area contributed by atoms with Gasteiger partial charge in [0.2, 0.25) is 0 Å². The smallest absolute Gasteiger partial charge is 0.0600 e. The minimum atomic E-state index is 0.169. The molecular weight excluding hydrogens is 300 g/mol. The molecule has 3 aliphatic heterocycles. The first-order chi connectivity index (χ1) is 11.7. The van der Waals surface area contributed by atoms with Gasteiger partial charge in [0.15, 0.2) is 0 Å². The molecule has 6 atom stereocenters. The third kappa shape index (κ3) is 1.91. The zero-order valence-electron chi connectivity index (χ0n) is 14.4. The van der Waals surface area contributed by atoms with Crippen LogP contribution in [-0.2, 0) is 18.2 Å². The number of fused-ring (bicyclic) bond motifs is 8. The van der Waals surface area contributed by atoms with Crippen LogP contribution in [0.1, 0.15) is 30.6 Å². The Bertz CT molecular complexity index is 783. The Hall–Kier alpha value is -1.36. The Labute approximate surface area is 142 Å². The van der Waals surface area contributed by atoms with Crippen molar-refractivity contribution >= 4 is 10.9 Å². The Morgan fingerprint density at radius 3 is 2.96 bits per heavy atom. The molecule has 2 N–H and O–H groups in total. The van der Waals surface area contributed by atoms with Gasteiger partial charge in [0.05, 0.1) is 12.7 Å². The summed E-state index contributed by atoms with van der Waals surface area (Å²) < 4.78 is 8.40. The van der Waals surface area contributed by atoms with E-state index in [1.165, 1.54) is 22.2 Å². The Morgan fingerprint density at radius 2 is 2.12 bits per heavy atom. The largest absolute Gasteiger partial charge is 0.396 e. The third-order valence-corrected chi connectivity index (χ3v) is 6.92. The molecular formula is C20H26N2O2. The van der Waals surface area contributed by atoms with Crippen molar-refractivity contribution in [2.45, 2.75) is 38.0 Å². The van der Waals surface area contributed by atoms with Crippen molar-refractivity contribution in [2.24, 2.45) is 24.8 Å². The molecule has 4 heterocycles. The first-order valence-electron chi connectivity index (χ1n) is 9.23. The molecule has 0 aliphatic carbocycles. The summed E-state index contributed by atoms with van der Waals surface area (Å²) in [4.78, 5) is 0. The number of nitrogens with zero attached hydrogens (tertiary/aromatic N) is 1. The number of aliphatic hydroxyl groups is 1. The molecule has 1 aromatic carbocycles. The van der Waals surface area contributed by atoms with E-state index >= 15 is 0 Å². The zero-order valence-corrected chi connectivity index (χ0v) is 14.4. The van der Waals surface area contributed by atoms with Gasteiger partial charge in [-0.25, -0.2) is 0 Å². The lowest BCUT2D eigenvalue weighted by molar-refractivity contribution is -0.124. The van der Waals surface area contributed by atoms with Crippen molar-refractivity contribution in [1.29, 1.82) is 0 Å². The molecule has 0 saturated carbocycles. The molecule has 128 valence electrons. The van der Waals surface area contributed by atoms with Crippen molar-refractivity contribution in [3.8, 4) is 0 Å². The molecule has 2 saturated heterocycles. The highest BCUT2D eigenvalue weighted by Crippen LogP contribution is 2.48. The molecule has 0 spiro atoms. The van der Waals surface area contributed by atoms with Gasteiger partial charge in [-0.05, 0) is 37.3 Å². The summed E-state index contributed by atoms with van der Waals surface area (Å²) >= 11 is 0. The average Bonchev–Trinajstić information content (AvgIpc) is 2.88. The maximum Gasteiger partial charge on any atom is 0.0600 e. The average molecular weight is 326 g/mol. The molecule has 2 aromatic rings. The van der Waals surface area contributed by atoms with Crippen LogP contribution in [0.4, 0.5) is 0 Å². The lowest BCUT2D eigenvalue weighted by Gasteiger charge is -2.52. The number of aromatic nitrogens is 1. The molecule has 24 heavy (non-hydrogen) atoms. The minimum Gasteiger partial charge on any atom is -0.396 e. The van der Waals surface area contributed by atoms with Gasteiger partial charge in [-0.2, -0.15) is 0 Å². The van der Waals surface area contributed by atoms with Gasteiger partial charge in [0, 0.05) is 54.2 Å². The number of nitrogens with one attached hydrogen (secondary N) is 1. The highest BCUT2D eigenvalue weighted by molar-refractivity contribution is 5.86. The molecule has 1 aromatic heterocycles. The molecule has 2 bridgehead atoms. The molecule has 3 aliphatic rings.